The first-order chi connectivity index (χ1) is 18.7. The number of likely N-dealkylation sites (tertiary alicyclic amines) is 1. The van der Waals surface area contributed by atoms with Gasteiger partial charge in [0.2, 0.25) is 0 Å². The summed E-state index contributed by atoms with van der Waals surface area (Å²) in [4.78, 5) is 17.9. The summed E-state index contributed by atoms with van der Waals surface area (Å²) >= 11 is 0. The Morgan fingerprint density at radius 1 is 1.00 bits per heavy atom. The fourth-order valence-electron chi connectivity index (χ4n) is 5.54. The van der Waals surface area contributed by atoms with Crippen molar-refractivity contribution < 1.29 is 22.7 Å². The zero-order chi connectivity index (χ0) is 27.7. The zero-order valence-corrected chi connectivity index (χ0v) is 23.6. The molecule has 0 aromatic heterocycles. The number of anilines is 2. The van der Waals surface area contributed by atoms with Crippen LogP contribution in [0.15, 0.2) is 71.6 Å². The average molecular weight is 550 g/mol. The van der Waals surface area contributed by atoms with Gasteiger partial charge in [-0.2, -0.15) is 0 Å². The summed E-state index contributed by atoms with van der Waals surface area (Å²) in [5.41, 5.74) is 3.90. The highest BCUT2D eigenvalue weighted by Gasteiger charge is 2.43. The Bertz CT molecular complexity index is 1440. The Morgan fingerprint density at radius 3 is 2.36 bits per heavy atom. The molecule has 3 aromatic rings. The van der Waals surface area contributed by atoms with E-state index in [0.29, 0.717) is 29.7 Å². The lowest BCUT2D eigenvalue weighted by Crippen LogP contribution is -2.48. The number of aryl methyl sites for hydroxylation is 1. The minimum Gasteiger partial charge on any atom is -0.494 e. The number of carbonyl (C=O) groups is 1. The van der Waals surface area contributed by atoms with Crippen LogP contribution in [0.25, 0.3) is 0 Å². The fraction of sp³-hybridized carbons (Fsp3) is 0.367. The first-order valence-electron chi connectivity index (χ1n) is 13.2. The maximum Gasteiger partial charge on any atom is 0.265 e. The Kier molecular flexibility index (Phi) is 7.55. The number of carbonyl (C=O) groups excluding carboxylic acids is 1. The number of amides is 1. The molecule has 8 nitrogen and oxygen atoms in total. The third kappa shape index (κ3) is 5.33. The molecule has 1 fully saturated rings. The molecule has 0 radical (unpaired) electrons. The van der Waals surface area contributed by atoms with E-state index in [1.165, 1.54) is 34.6 Å². The van der Waals surface area contributed by atoms with E-state index in [1.807, 2.05) is 11.8 Å². The van der Waals surface area contributed by atoms with Crippen molar-refractivity contribution >= 4 is 27.3 Å². The van der Waals surface area contributed by atoms with Crippen molar-refractivity contribution in [1.29, 1.82) is 0 Å². The van der Waals surface area contributed by atoms with Crippen LogP contribution in [0.4, 0.5) is 11.4 Å². The second-order valence-corrected chi connectivity index (χ2v) is 12.2. The highest BCUT2D eigenvalue weighted by molar-refractivity contribution is 7.92. The van der Waals surface area contributed by atoms with E-state index < -0.39 is 10.0 Å². The molecule has 2 atom stereocenters. The largest absolute Gasteiger partial charge is 0.494 e. The standard InChI is InChI=1S/C30H35N3O5S/c1-5-37-23-11-13-25(14-12-23)39(35,36)32(4)22-7-9-24(10-8-22)38-20-30(34)33-28-15-6-21(2)18-26(28)27-19-31(3)17-16-29(27)33/h6-15,18,27,29H,5,16-17,19-20H2,1-4H3/t27-,29-/m0/s1. The van der Waals surface area contributed by atoms with Crippen LogP contribution in [-0.4, -0.2) is 65.7 Å². The molecule has 9 heteroatoms. The molecule has 0 saturated carbocycles. The molecule has 2 aliphatic heterocycles. The van der Waals surface area contributed by atoms with Gasteiger partial charge in [0.05, 0.1) is 17.2 Å². The predicted molar refractivity (Wildman–Crippen MR) is 152 cm³/mol. The second-order valence-electron chi connectivity index (χ2n) is 10.2. The van der Waals surface area contributed by atoms with Crippen molar-refractivity contribution in [1.82, 2.24) is 4.90 Å². The van der Waals surface area contributed by atoms with Crippen molar-refractivity contribution in [3.05, 3.63) is 77.9 Å². The van der Waals surface area contributed by atoms with E-state index >= 15 is 0 Å². The molecule has 1 saturated heterocycles. The lowest BCUT2D eigenvalue weighted by atomic mass is 9.89. The minimum atomic E-state index is -3.75. The molecule has 0 bridgehead atoms. The summed E-state index contributed by atoms with van der Waals surface area (Å²) in [6.45, 7) is 6.26. The first kappa shape index (κ1) is 27.0. The summed E-state index contributed by atoms with van der Waals surface area (Å²) < 4.78 is 38.7. The van der Waals surface area contributed by atoms with Gasteiger partial charge in [-0.15, -0.1) is 0 Å². The molecule has 2 heterocycles. The van der Waals surface area contributed by atoms with Gasteiger partial charge < -0.3 is 19.3 Å². The molecule has 1 amide bonds. The van der Waals surface area contributed by atoms with E-state index in [-0.39, 0.29) is 23.5 Å². The molecule has 39 heavy (non-hydrogen) atoms. The van der Waals surface area contributed by atoms with Crippen molar-refractivity contribution in [2.24, 2.45) is 0 Å². The van der Waals surface area contributed by atoms with E-state index in [2.05, 4.69) is 37.1 Å². The molecular formula is C30H35N3O5S. The van der Waals surface area contributed by atoms with Gasteiger partial charge >= 0.3 is 0 Å². The summed E-state index contributed by atoms with van der Waals surface area (Å²) in [6.07, 6.45) is 0.921. The number of hydrogen-bond acceptors (Lipinski definition) is 6. The number of rotatable bonds is 8. The van der Waals surface area contributed by atoms with Gasteiger partial charge in [0, 0.05) is 31.2 Å². The Balaban J connectivity index is 1.26. The van der Waals surface area contributed by atoms with Crippen LogP contribution in [0, 0.1) is 6.92 Å². The number of hydrogen-bond donors (Lipinski definition) is 0. The molecule has 206 valence electrons. The maximum absolute atomic E-state index is 13.4. The summed E-state index contributed by atoms with van der Waals surface area (Å²) in [5.74, 6) is 1.35. The van der Waals surface area contributed by atoms with E-state index in [9.17, 15) is 13.2 Å². The van der Waals surface area contributed by atoms with Gasteiger partial charge in [-0.05, 0) is 94.0 Å². The SMILES string of the molecule is CCOc1ccc(S(=O)(=O)N(C)c2ccc(OCC(=O)N3c4ccc(C)cc4[C@@H]4CN(C)CC[C@@H]43)cc2)cc1. The van der Waals surface area contributed by atoms with Crippen LogP contribution < -0.4 is 18.7 Å². The van der Waals surface area contributed by atoms with Gasteiger partial charge in [-0.25, -0.2) is 8.42 Å². The zero-order valence-electron chi connectivity index (χ0n) is 22.8. The molecule has 0 unspecified atom stereocenters. The van der Waals surface area contributed by atoms with Crippen LogP contribution in [-0.2, 0) is 14.8 Å². The summed E-state index contributed by atoms with van der Waals surface area (Å²) in [5, 5.41) is 0. The number of likely N-dealkylation sites (N-methyl/N-ethyl adjacent to an activating group) is 1. The summed E-state index contributed by atoms with van der Waals surface area (Å²) in [6, 6.07) is 19.5. The number of benzene rings is 3. The van der Waals surface area contributed by atoms with Crippen LogP contribution in [0.5, 0.6) is 11.5 Å². The fourth-order valence-corrected chi connectivity index (χ4v) is 6.74. The smallest absolute Gasteiger partial charge is 0.265 e. The monoisotopic (exact) mass is 549 g/mol. The molecule has 2 aliphatic rings. The number of ether oxygens (including phenoxy) is 2. The third-order valence-electron chi connectivity index (χ3n) is 7.58. The lowest BCUT2D eigenvalue weighted by molar-refractivity contribution is -0.121. The van der Waals surface area contributed by atoms with Crippen LogP contribution in [0.2, 0.25) is 0 Å². The van der Waals surface area contributed by atoms with Gasteiger partial charge in [-0.3, -0.25) is 9.10 Å². The molecule has 0 spiro atoms. The van der Waals surface area contributed by atoms with Crippen molar-refractivity contribution in [2.45, 2.75) is 37.1 Å². The molecule has 3 aromatic carbocycles. The third-order valence-corrected chi connectivity index (χ3v) is 9.38. The van der Waals surface area contributed by atoms with Crippen molar-refractivity contribution in [2.75, 3.05) is 49.6 Å². The summed E-state index contributed by atoms with van der Waals surface area (Å²) in [7, 11) is -0.109. The number of nitrogens with zero attached hydrogens (tertiary/aromatic N) is 3. The predicted octanol–water partition coefficient (Wildman–Crippen LogP) is 4.43. The number of piperidine rings is 1. The molecular weight excluding hydrogens is 514 g/mol. The van der Waals surface area contributed by atoms with Crippen LogP contribution >= 0.6 is 0 Å². The van der Waals surface area contributed by atoms with E-state index in [4.69, 9.17) is 9.47 Å². The van der Waals surface area contributed by atoms with Crippen molar-refractivity contribution in [3.63, 3.8) is 0 Å². The first-order valence-corrected chi connectivity index (χ1v) is 14.7. The van der Waals surface area contributed by atoms with Crippen molar-refractivity contribution in [3.8, 4) is 11.5 Å². The highest BCUT2D eigenvalue weighted by Crippen LogP contribution is 2.45. The molecule has 0 aliphatic carbocycles. The maximum atomic E-state index is 13.4. The number of fused-ring (bicyclic) bond motifs is 3. The second kappa shape index (κ2) is 10.9. The molecule has 5 rings (SSSR count). The lowest BCUT2D eigenvalue weighted by Gasteiger charge is -2.36. The van der Waals surface area contributed by atoms with E-state index in [1.54, 1.807) is 36.4 Å². The van der Waals surface area contributed by atoms with Crippen LogP contribution in [0.1, 0.15) is 30.4 Å². The van der Waals surface area contributed by atoms with E-state index in [0.717, 1.165) is 25.2 Å². The Morgan fingerprint density at radius 2 is 1.67 bits per heavy atom. The number of sulfonamides is 1. The Hall–Kier alpha value is -3.56. The Labute approximate surface area is 230 Å². The van der Waals surface area contributed by atoms with Crippen LogP contribution in [0.3, 0.4) is 0 Å². The quantitative estimate of drug-likeness (QED) is 0.414. The molecule has 0 N–H and O–H groups in total. The minimum absolute atomic E-state index is 0.0728. The topological polar surface area (TPSA) is 79.4 Å². The van der Waals surface area contributed by atoms with Gasteiger partial charge in [0.1, 0.15) is 11.5 Å². The normalized spacial score (nSPS) is 18.8. The highest BCUT2D eigenvalue weighted by atomic mass is 32.2. The van der Waals surface area contributed by atoms with Gasteiger partial charge in [0.25, 0.3) is 15.9 Å². The average Bonchev–Trinajstić information content (AvgIpc) is 3.25. The van der Waals surface area contributed by atoms with Gasteiger partial charge in [-0.1, -0.05) is 17.7 Å². The van der Waals surface area contributed by atoms with Gasteiger partial charge in [0.15, 0.2) is 6.61 Å².